The van der Waals surface area contributed by atoms with Crippen LogP contribution in [-0.4, -0.2) is 23.1 Å². The molecule has 0 radical (unpaired) electrons. The van der Waals surface area contributed by atoms with Crippen LogP contribution in [0.1, 0.15) is 19.3 Å². The van der Waals surface area contributed by atoms with Crippen molar-refractivity contribution in [1.29, 1.82) is 0 Å². The fourth-order valence-electron chi connectivity index (χ4n) is 1.97. The molecule has 2 aliphatic rings. The quantitative estimate of drug-likeness (QED) is 0.602. The van der Waals surface area contributed by atoms with E-state index in [1.807, 2.05) is 0 Å². The number of piperidine rings is 1. The van der Waals surface area contributed by atoms with Crippen LogP contribution in [0.25, 0.3) is 0 Å². The lowest BCUT2D eigenvalue weighted by Gasteiger charge is -2.23. The number of nitrogens with two attached hydrogens (primary N) is 1. The highest BCUT2D eigenvalue weighted by Crippen LogP contribution is 2.38. The summed E-state index contributed by atoms with van der Waals surface area (Å²) in [4.78, 5) is 26.3. The van der Waals surface area contributed by atoms with E-state index in [2.05, 4.69) is 4.84 Å². The number of rotatable bonds is 1. The van der Waals surface area contributed by atoms with Crippen LogP contribution in [0.4, 0.5) is 4.79 Å². The van der Waals surface area contributed by atoms with Gasteiger partial charge in [0.15, 0.2) is 0 Å². The minimum absolute atomic E-state index is 0.0642. The molecule has 1 heterocycles. The minimum atomic E-state index is -0.907. The first-order valence-corrected chi connectivity index (χ1v) is 3.99. The second-order valence-corrected chi connectivity index (χ2v) is 3.24. The summed E-state index contributed by atoms with van der Waals surface area (Å²) in [5.74, 6) is -0.0283. The van der Waals surface area contributed by atoms with Gasteiger partial charge in [0.2, 0.25) is 0 Å². The Morgan fingerprint density at radius 2 is 2.33 bits per heavy atom. The van der Waals surface area contributed by atoms with Crippen molar-refractivity contribution in [3.05, 3.63) is 0 Å². The predicted octanol–water partition coefficient (Wildman–Crippen LogP) is 0.00760. The number of hydrogen-bond donors (Lipinski definition) is 1. The topological polar surface area (TPSA) is 72.6 Å². The van der Waals surface area contributed by atoms with E-state index in [0.717, 1.165) is 24.3 Å². The number of fused-ring (bicyclic) bond motifs is 2. The van der Waals surface area contributed by atoms with Gasteiger partial charge in [0.25, 0.3) is 5.91 Å². The van der Waals surface area contributed by atoms with Gasteiger partial charge < -0.3 is 10.6 Å². The van der Waals surface area contributed by atoms with Crippen LogP contribution >= 0.6 is 0 Å². The van der Waals surface area contributed by atoms with Gasteiger partial charge in [-0.05, 0) is 19.3 Å². The molecule has 0 spiro atoms. The normalized spacial score (nSPS) is 32.7. The van der Waals surface area contributed by atoms with E-state index in [1.54, 1.807) is 0 Å². The molecule has 1 saturated carbocycles. The molecule has 5 heteroatoms. The highest BCUT2D eigenvalue weighted by molar-refractivity contribution is 5.82. The lowest BCUT2D eigenvalue weighted by molar-refractivity contribution is -0.171. The van der Waals surface area contributed by atoms with Crippen molar-refractivity contribution in [1.82, 2.24) is 5.06 Å². The Bertz CT molecular complexity index is 241. The summed E-state index contributed by atoms with van der Waals surface area (Å²) in [5, 5.41) is 1.14. The molecule has 66 valence electrons. The van der Waals surface area contributed by atoms with Crippen molar-refractivity contribution in [3.63, 3.8) is 0 Å². The Labute approximate surface area is 69.4 Å². The molecule has 2 fully saturated rings. The van der Waals surface area contributed by atoms with Crippen LogP contribution in [0, 0.1) is 5.92 Å². The minimum Gasteiger partial charge on any atom is -0.333 e. The fourth-order valence-corrected chi connectivity index (χ4v) is 1.97. The Hall–Kier alpha value is -1.26. The second kappa shape index (κ2) is 2.36. The van der Waals surface area contributed by atoms with E-state index >= 15 is 0 Å². The molecule has 1 aliphatic carbocycles. The lowest BCUT2D eigenvalue weighted by atomic mass is 10.1. The van der Waals surface area contributed by atoms with Crippen molar-refractivity contribution in [3.8, 4) is 0 Å². The molecule has 2 N–H and O–H groups in total. The molecule has 2 unspecified atom stereocenters. The third-order valence-corrected chi connectivity index (χ3v) is 2.49. The lowest BCUT2D eigenvalue weighted by Crippen LogP contribution is -2.40. The molecule has 2 atom stereocenters. The molecule has 1 saturated heterocycles. The molecular weight excluding hydrogens is 160 g/mol. The van der Waals surface area contributed by atoms with Gasteiger partial charge in [-0.2, -0.15) is 5.06 Å². The van der Waals surface area contributed by atoms with Crippen molar-refractivity contribution in [2.75, 3.05) is 0 Å². The zero-order valence-electron chi connectivity index (χ0n) is 6.53. The summed E-state index contributed by atoms with van der Waals surface area (Å²) in [6.07, 6.45) is 1.74. The Morgan fingerprint density at radius 1 is 1.58 bits per heavy atom. The van der Waals surface area contributed by atoms with Crippen LogP contribution < -0.4 is 5.73 Å². The number of primary amides is 1. The maximum atomic E-state index is 11.3. The standard InChI is InChI=1S/C7H10N2O3/c8-7(11)12-9-5-2-1-4(3-5)6(9)10/h4-5H,1-3H2,(H2,8,11). The first-order chi connectivity index (χ1) is 5.68. The smallest absolute Gasteiger partial charge is 0.333 e. The molecule has 2 bridgehead atoms. The number of nitrogens with zero attached hydrogens (tertiary/aromatic N) is 1. The van der Waals surface area contributed by atoms with E-state index in [4.69, 9.17) is 5.73 Å². The molecule has 1 aliphatic heterocycles. The van der Waals surface area contributed by atoms with Crippen molar-refractivity contribution >= 4 is 12.0 Å². The van der Waals surface area contributed by atoms with Crippen molar-refractivity contribution in [2.24, 2.45) is 11.7 Å². The molecule has 12 heavy (non-hydrogen) atoms. The monoisotopic (exact) mass is 170 g/mol. The Kier molecular flexibility index (Phi) is 1.46. The number of hydrogen-bond acceptors (Lipinski definition) is 3. The van der Waals surface area contributed by atoms with E-state index in [-0.39, 0.29) is 17.9 Å². The Balaban J connectivity index is 2.07. The van der Waals surface area contributed by atoms with Crippen LogP contribution in [-0.2, 0) is 9.63 Å². The molecule has 0 aromatic carbocycles. The number of hydroxylamine groups is 2. The number of carbonyl (C=O) groups is 2. The molecule has 5 nitrogen and oxygen atoms in total. The SMILES string of the molecule is NC(=O)ON1C(=O)C2CCC1C2. The van der Waals surface area contributed by atoms with E-state index < -0.39 is 6.09 Å². The average molecular weight is 170 g/mol. The van der Waals surface area contributed by atoms with Gasteiger partial charge in [0, 0.05) is 5.92 Å². The van der Waals surface area contributed by atoms with Crippen LogP contribution in [0.2, 0.25) is 0 Å². The van der Waals surface area contributed by atoms with E-state index in [1.165, 1.54) is 0 Å². The first-order valence-electron chi connectivity index (χ1n) is 3.99. The number of carbonyl (C=O) groups excluding carboxylic acids is 2. The highest BCUT2D eigenvalue weighted by atomic mass is 16.7. The molecular formula is C7H10N2O3. The van der Waals surface area contributed by atoms with E-state index in [9.17, 15) is 9.59 Å². The molecule has 0 aromatic rings. The maximum Gasteiger partial charge on any atom is 0.429 e. The highest BCUT2D eigenvalue weighted by Gasteiger charge is 2.46. The van der Waals surface area contributed by atoms with Gasteiger partial charge in [-0.1, -0.05) is 0 Å². The fraction of sp³-hybridized carbons (Fsp3) is 0.714. The van der Waals surface area contributed by atoms with Gasteiger partial charge in [-0.25, -0.2) is 4.79 Å². The van der Waals surface area contributed by atoms with Crippen LogP contribution in [0.15, 0.2) is 0 Å². The predicted molar refractivity (Wildman–Crippen MR) is 38.6 cm³/mol. The molecule has 0 aromatic heterocycles. The average Bonchev–Trinajstić information content (AvgIpc) is 2.53. The Morgan fingerprint density at radius 3 is 2.83 bits per heavy atom. The summed E-state index contributed by atoms with van der Waals surface area (Å²) >= 11 is 0. The van der Waals surface area contributed by atoms with Crippen LogP contribution in [0.3, 0.4) is 0 Å². The van der Waals surface area contributed by atoms with Gasteiger partial charge >= 0.3 is 6.09 Å². The van der Waals surface area contributed by atoms with Gasteiger partial charge in [-0.15, -0.1) is 0 Å². The second-order valence-electron chi connectivity index (χ2n) is 3.24. The summed E-state index contributed by atoms with van der Waals surface area (Å²) in [6, 6.07) is 0.0787. The summed E-state index contributed by atoms with van der Waals surface area (Å²) in [7, 11) is 0. The van der Waals surface area contributed by atoms with Crippen LogP contribution in [0.5, 0.6) is 0 Å². The zero-order valence-corrected chi connectivity index (χ0v) is 6.53. The number of amides is 2. The largest absolute Gasteiger partial charge is 0.429 e. The summed E-state index contributed by atoms with van der Waals surface area (Å²) in [5.41, 5.74) is 4.81. The van der Waals surface area contributed by atoms with Gasteiger partial charge in [0.1, 0.15) is 0 Å². The third-order valence-electron chi connectivity index (χ3n) is 2.49. The first kappa shape index (κ1) is 7.39. The zero-order chi connectivity index (χ0) is 8.72. The van der Waals surface area contributed by atoms with Gasteiger partial charge in [0.05, 0.1) is 6.04 Å². The van der Waals surface area contributed by atoms with E-state index in [0.29, 0.717) is 0 Å². The third kappa shape index (κ3) is 0.929. The summed E-state index contributed by atoms with van der Waals surface area (Å²) < 4.78 is 0. The summed E-state index contributed by atoms with van der Waals surface area (Å²) in [6.45, 7) is 0. The molecule has 2 rings (SSSR count). The molecule has 2 amide bonds. The van der Waals surface area contributed by atoms with Crippen molar-refractivity contribution in [2.45, 2.75) is 25.3 Å². The van der Waals surface area contributed by atoms with Crippen molar-refractivity contribution < 1.29 is 14.4 Å². The van der Waals surface area contributed by atoms with Gasteiger partial charge in [-0.3, -0.25) is 4.79 Å². The maximum absolute atomic E-state index is 11.3.